The molecule has 0 spiro atoms. The van der Waals surface area contributed by atoms with Crippen LogP contribution in [-0.4, -0.2) is 91.5 Å². The molecule has 3 aliphatic rings. The van der Waals surface area contributed by atoms with Crippen molar-refractivity contribution < 1.29 is 19.1 Å². The fourth-order valence-electron chi connectivity index (χ4n) is 6.01. The number of carbonyl (C=O) groups is 3. The quantitative estimate of drug-likeness (QED) is 0.577. The van der Waals surface area contributed by atoms with Crippen molar-refractivity contribution in [2.75, 3.05) is 50.8 Å². The highest BCUT2D eigenvalue weighted by molar-refractivity contribution is 5.99. The summed E-state index contributed by atoms with van der Waals surface area (Å²) < 4.78 is 5.80. The highest BCUT2D eigenvalue weighted by atomic mass is 16.5. The second-order valence-electron chi connectivity index (χ2n) is 12.0. The van der Waals surface area contributed by atoms with Crippen molar-refractivity contribution in [2.24, 2.45) is 11.3 Å². The van der Waals surface area contributed by atoms with E-state index in [1.54, 1.807) is 4.90 Å². The van der Waals surface area contributed by atoms with Crippen LogP contribution in [0.3, 0.4) is 0 Å². The predicted molar refractivity (Wildman–Crippen MR) is 145 cm³/mol. The van der Waals surface area contributed by atoms with Gasteiger partial charge in [0.1, 0.15) is 18.7 Å². The first kappa shape index (κ1) is 27.6. The maximum absolute atomic E-state index is 13.8. The van der Waals surface area contributed by atoms with Crippen LogP contribution in [0.25, 0.3) is 0 Å². The predicted octanol–water partition coefficient (Wildman–Crippen LogP) is 2.96. The Kier molecular flexibility index (Phi) is 8.59. The van der Waals surface area contributed by atoms with Gasteiger partial charge in [0.25, 0.3) is 5.91 Å². The number of nitrogens with zero attached hydrogens (tertiary/aromatic N) is 3. The lowest BCUT2D eigenvalue weighted by atomic mass is 9.87. The molecule has 1 N–H and O–H groups in total. The SMILES string of the molecule is CCC[C@H]1CN(C(=O)C(CC(C)(C)C)NC(=O)c2ccc(N3CCN(CC)CC3)cc2)[C@@H]2C(=O)CO[C@H]12. The number of amides is 2. The molecule has 1 aromatic carbocycles. The minimum Gasteiger partial charge on any atom is -0.369 e. The number of piperazine rings is 1. The Labute approximate surface area is 221 Å². The molecule has 0 aromatic heterocycles. The van der Waals surface area contributed by atoms with E-state index in [4.69, 9.17) is 4.74 Å². The van der Waals surface area contributed by atoms with Crippen LogP contribution in [0.5, 0.6) is 0 Å². The summed E-state index contributed by atoms with van der Waals surface area (Å²) >= 11 is 0. The first-order valence-corrected chi connectivity index (χ1v) is 13.9. The number of anilines is 1. The van der Waals surface area contributed by atoms with Crippen LogP contribution in [-0.2, 0) is 14.3 Å². The zero-order chi connectivity index (χ0) is 26.7. The summed E-state index contributed by atoms with van der Waals surface area (Å²) in [6, 6.07) is 6.43. The van der Waals surface area contributed by atoms with Gasteiger partial charge in [-0.25, -0.2) is 0 Å². The topological polar surface area (TPSA) is 82.2 Å². The van der Waals surface area contributed by atoms with Gasteiger partial charge in [0.2, 0.25) is 5.91 Å². The summed E-state index contributed by atoms with van der Waals surface area (Å²) in [7, 11) is 0. The molecule has 3 saturated heterocycles. The van der Waals surface area contributed by atoms with E-state index in [2.05, 4.69) is 49.7 Å². The van der Waals surface area contributed by atoms with Crippen LogP contribution in [0.15, 0.2) is 24.3 Å². The van der Waals surface area contributed by atoms with E-state index in [9.17, 15) is 14.4 Å². The van der Waals surface area contributed by atoms with Gasteiger partial charge in [0, 0.05) is 49.9 Å². The molecule has 1 aromatic rings. The minimum absolute atomic E-state index is 0.0341. The lowest BCUT2D eigenvalue weighted by Crippen LogP contribution is -2.53. The number of ketones is 1. The number of ether oxygens (including phenoxy) is 1. The number of fused-ring (bicyclic) bond motifs is 1. The van der Waals surface area contributed by atoms with Gasteiger partial charge in [-0.2, -0.15) is 0 Å². The maximum atomic E-state index is 13.8. The molecule has 4 atom stereocenters. The normalized spacial score (nSPS) is 25.3. The zero-order valence-corrected chi connectivity index (χ0v) is 23.2. The second-order valence-corrected chi connectivity index (χ2v) is 12.0. The van der Waals surface area contributed by atoms with E-state index in [-0.39, 0.29) is 41.6 Å². The van der Waals surface area contributed by atoms with Gasteiger partial charge in [-0.05, 0) is 49.1 Å². The van der Waals surface area contributed by atoms with Gasteiger partial charge in [-0.1, -0.05) is 41.0 Å². The molecule has 3 fully saturated rings. The molecule has 8 heteroatoms. The largest absolute Gasteiger partial charge is 0.369 e. The second kappa shape index (κ2) is 11.5. The molecule has 0 aliphatic carbocycles. The first-order valence-electron chi connectivity index (χ1n) is 13.9. The average Bonchev–Trinajstić information content (AvgIpc) is 3.43. The Hall–Kier alpha value is -2.45. The van der Waals surface area contributed by atoms with Crippen molar-refractivity contribution in [3.63, 3.8) is 0 Å². The number of Topliss-reactive ketones (excluding diaryl/α,β-unsaturated/α-hetero) is 1. The number of nitrogens with one attached hydrogen (secondary N) is 1. The summed E-state index contributed by atoms with van der Waals surface area (Å²) in [5, 5.41) is 3.02. The molecule has 3 heterocycles. The summed E-state index contributed by atoms with van der Waals surface area (Å²) in [6.45, 7) is 16.1. The van der Waals surface area contributed by atoms with E-state index < -0.39 is 12.1 Å². The fourth-order valence-corrected chi connectivity index (χ4v) is 6.01. The van der Waals surface area contributed by atoms with Gasteiger partial charge < -0.3 is 24.8 Å². The number of likely N-dealkylation sites (N-methyl/N-ethyl adjacent to an activating group) is 1. The Morgan fingerprint density at radius 1 is 1.08 bits per heavy atom. The van der Waals surface area contributed by atoms with Crippen LogP contribution >= 0.6 is 0 Å². The van der Waals surface area contributed by atoms with Crippen LogP contribution in [0.2, 0.25) is 0 Å². The number of likely N-dealkylation sites (tertiary alicyclic amines) is 1. The maximum Gasteiger partial charge on any atom is 0.251 e. The van der Waals surface area contributed by atoms with Crippen LogP contribution in [0.4, 0.5) is 5.69 Å². The number of hydrogen-bond donors (Lipinski definition) is 1. The van der Waals surface area contributed by atoms with Gasteiger partial charge in [-0.3, -0.25) is 14.4 Å². The molecule has 0 bridgehead atoms. The zero-order valence-electron chi connectivity index (χ0n) is 23.2. The van der Waals surface area contributed by atoms with Crippen molar-refractivity contribution in [1.82, 2.24) is 15.1 Å². The summed E-state index contributed by atoms with van der Waals surface area (Å²) in [5.41, 5.74) is 1.46. The smallest absolute Gasteiger partial charge is 0.251 e. The summed E-state index contributed by atoms with van der Waals surface area (Å²) in [6.07, 6.45) is 2.14. The van der Waals surface area contributed by atoms with Crippen molar-refractivity contribution in [3.8, 4) is 0 Å². The Balaban J connectivity index is 1.46. The molecule has 204 valence electrons. The Morgan fingerprint density at radius 2 is 1.76 bits per heavy atom. The Morgan fingerprint density at radius 3 is 2.35 bits per heavy atom. The molecule has 2 amide bonds. The molecule has 0 saturated carbocycles. The van der Waals surface area contributed by atoms with E-state index in [0.29, 0.717) is 18.5 Å². The highest BCUT2D eigenvalue weighted by Gasteiger charge is 2.52. The van der Waals surface area contributed by atoms with Gasteiger partial charge >= 0.3 is 0 Å². The minimum atomic E-state index is -0.705. The highest BCUT2D eigenvalue weighted by Crippen LogP contribution is 2.35. The van der Waals surface area contributed by atoms with Crippen LogP contribution < -0.4 is 10.2 Å². The summed E-state index contributed by atoms with van der Waals surface area (Å²) in [5.74, 6) is -0.322. The number of benzene rings is 1. The average molecular weight is 513 g/mol. The molecule has 0 radical (unpaired) electrons. The molecule has 1 unspecified atom stereocenters. The third-order valence-electron chi connectivity index (χ3n) is 7.97. The van der Waals surface area contributed by atoms with Gasteiger partial charge in [0.15, 0.2) is 5.78 Å². The van der Waals surface area contributed by atoms with Crippen molar-refractivity contribution in [2.45, 2.75) is 72.1 Å². The summed E-state index contributed by atoms with van der Waals surface area (Å²) in [4.78, 5) is 46.3. The van der Waals surface area contributed by atoms with Crippen molar-refractivity contribution in [3.05, 3.63) is 29.8 Å². The van der Waals surface area contributed by atoms with E-state index in [1.807, 2.05) is 24.3 Å². The van der Waals surface area contributed by atoms with Gasteiger partial charge in [0.05, 0.1) is 6.10 Å². The molecule has 8 nitrogen and oxygen atoms in total. The standard InChI is InChI=1S/C29H44N4O4/c1-6-8-21-18-33(25-24(34)19-37-26(21)25)28(36)23(17-29(3,4)5)30-27(35)20-9-11-22(12-10-20)32-15-13-31(7-2)14-16-32/h9-12,21,23,25-26H,6-8,13-19H2,1-5H3,(H,30,35)/t21-,23?,25+,26+/m0/s1. The Bertz CT molecular complexity index is 965. The van der Waals surface area contributed by atoms with Crippen LogP contribution in [0.1, 0.15) is 64.2 Å². The monoisotopic (exact) mass is 512 g/mol. The van der Waals surface area contributed by atoms with Crippen molar-refractivity contribution >= 4 is 23.3 Å². The van der Waals surface area contributed by atoms with E-state index in [1.165, 1.54) is 0 Å². The number of carbonyl (C=O) groups excluding carboxylic acids is 3. The molecule has 4 rings (SSSR count). The third kappa shape index (κ3) is 6.34. The number of hydrogen-bond acceptors (Lipinski definition) is 6. The van der Waals surface area contributed by atoms with E-state index in [0.717, 1.165) is 51.3 Å². The third-order valence-corrected chi connectivity index (χ3v) is 7.97. The van der Waals surface area contributed by atoms with Gasteiger partial charge in [-0.15, -0.1) is 0 Å². The molecular weight excluding hydrogens is 468 g/mol. The lowest BCUT2D eigenvalue weighted by molar-refractivity contribution is -0.138. The van der Waals surface area contributed by atoms with E-state index >= 15 is 0 Å². The first-order chi connectivity index (χ1) is 17.6. The molecular formula is C29H44N4O4. The van der Waals surface area contributed by atoms with Crippen molar-refractivity contribution in [1.29, 1.82) is 0 Å². The lowest BCUT2D eigenvalue weighted by Gasteiger charge is -2.35. The molecule has 3 aliphatic heterocycles. The molecule has 37 heavy (non-hydrogen) atoms. The fraction of sp³-hybridized carbons (Fsp3) is 0.690. The number of rotatable bonds is 8. The van der Waals surface area contributed by atoms with Crippen LogP contribution in [0, 0.1) is 11.3 Å².